The highest BCUT2D eigenvalue weighted by molar-refractivity contribution is 9.11. The van der Waals surface area contributed by atoms with E-state index in [0.717, 1.165) is 20.8 Å². The number of hydrogen-bond donors (Lipinski definition) is 2. The number of alkyl halides is 3. The number of hydrogen-bond acceptors (Lipinski definition) is 3. The largest absolute Gasteiger partial charge is 0.419 e. The van der Waals surface area contributed by atoms with E-state index >= 15 is 0 Å². The minimum atomic E-state index is -4.73. The van der Waals surface area contributed by atoms with E-state index in [1.165, 1.54) is 17.4 Å². The molecule has 0 spiro atoms. The summed E-state index contributed by atoms with van der Waals surface area (Å²) in [5, 5.41) is 0. The zero-order chi connectivity index (χ0) is 15.6. The van der Waals surface area contributed by atoms with Crippen LogP contribution in [0, 0.1) is 5.82 Å². The topological polar surface area (TPSA) is 38.0 Å². The van der Waals surface area contributed by atoms with E-state index in [0.29, 0.717) is 6.42 Å². The second-order valence-corrected chi connectivity index (χ2v) is 6.91. The van der Waals surface area contributed by atoms with Crippen LogP contribution in [0.2, 0.25) is 0 Å². The Morgan fingerprint density at radius 1 is 1.24 bits per heavy atom. The van der Waals surface area contributed by atoms with Crippen LogP contribution in [0.1, 0.15) is 22.0 Å². The first-order valence-electron chi connectivity index (χ1n) is 5.88. The normalized spacial score (nSPS) is 13.4. The van der Waals surface area contributed by atoms with Crippen molar-refractivity contribution in [2.75, 3.05) is 0 Å². The predicted molar refractivity (Wildman–Crippen MR) is 77.2 cm³/mol. The van der Waals surface area contributed by atoms with E-state index in [1.807, 2.05) is 12.1 Å². The Morgan fingerprint density at radius 3 is 2.48 bits per heavy atom. The molecule has 0 amide bonds. The number of benzene rings is 1. The molecule has 0 aliphatic rings. The third-order valence-electron chi connectivity index (χ3n) is 2.93. The Kier molecular flexibility index (Phi) is 5.03. The average Bonchev–Trinajstić information content (AvgIpc) is 2.81. The van der Waals surface area contributed by atoms with Crippen molar-refractivity contribution in [1.82, 2.24) is 5.43 Å². The zero-order valence-electron chi connectivity index (χ0n) is 10.5. The first-order valence-corrected chi connectivity index (χ1v) is 7.49. The van der Waals surface area contributed by atoms with Gasteiger partial charge in [-0.3, -0.25) is 11.3 Å². The maximum absolute atomic E-state index is 13.3. The summed E-state index contributed by atoms with van der Waals surface area (Å²) in [4.78, 5) is 0.947. The highest BCUT2D eigenvalue weighted by atomic mass is 79.9. The van der Waals surface area contributed by atoms with Gasteiger partial charge in [-0.05, 0) is 45.8 Å². The molecule has 21 heavy (non-hydrogen) atoms. The summed E-state index contributed by atoms with van der Waals surface area (Å²) >= 11 is 4.78. The molecular formula is C13H11BrF4N2S. The van der Waals surface area contributed by atoms with Crippen molar-refractivity contribution in [2.45, 2.75) is 18.6 Å². The highest BCUT2D eigenvalue weighted by Crippen LogP contribution is 2.34. The van der Waals surface area contributed by atoms with Crippen LogP contribution in [-0.4, -0.2) is 0 Å². The van der Waals surface area contributed by atoms with Gasteiger partial charge in [-0.25, -0.2) is 4.39 Å². The van der Waals surface area contributed by atoms with Gasteiger partial charge in [-0.2, -0.15) is 13.2 Å². The van der Waals surface area contributed by atoms with E-state index in [2.05, 4.69) is 21.4 Å². The third kappa shape index (κ3) is 4.03. The lowest BCUT2D eigenvalue weighted by molar-refractivity contribution is -0.140. The Morgan fingerprint density at radius 2 is 1.95 bits per heavy atom. The van der Waals surface area contributed by atoms with E-state index in [4.69, 9.17) is 5.84 Å². The Bertz CT molecular complexity index is 627. The lowest BCUT2D eigenvalue weighted by atomic mass is 10.0. The van der Waals surface area contributed by atoms with Gasteiger partial charge in [0, 0.05) is 11.3 Å². The van der Waals surface area contributed by atoms with Crippen LogP contribution in [0.5, 0.6) is 0 Å². The van der Waals surface area contributed by atoms with Gasteiger partial charge in [0.15, 0.2) is 0 Å². The summed E-state index contributed by atoms with van der Waals surface area (Å²) in [6, 6.07) is 6.08. The predicted octanol–water partition coefficient (Wildman–Crippen LogP) is 4.42. The maximum atomic E-state index is 13.3. The van der Waals surface area contributed by atoms with Crippen molar-refractivity contribution in [3.05, 3.63) is 55.9 Å². The van der Waals surface area contributed by atoms with E-state index in [-0.39, 0.29) is 5.56 Å². The summed E-state index contributed by atoms with van der Waals surface area (Å²) in [5.74, 6) is 4.13. The fraction of sp³-hybridized carbons (Fsp3) is 0.231. The second kappa shape index (κ2) is 6.43. The number of nitrogens with two attached hydrogens (primary N) is 1. The summed E-state index contributed by atoms with van der Waals surface area (Å²) in [5.41, 5.74) is 1.48. The number of nitrogens with one attached hydrogen (secondary N) is 1. The molecule has 2 rings (SSSR count). The fourth-order valence-electron chi connectivity index (χ4n) is 1.91. The molecule has 2 nitrogen and oxygen atoms in total. The lowest BCUT2D eigenvalue weighted by Crippen LogP contribution is -2.29. The van der Waals surface area contributed by atoms with E-state index in [1.54, 1.807) is 0 Å². The minimum Gasteiger partial charge on any atom is -0.271 e. The lowest BCUT2D eigenvalue weighted by Gasteiger charge is -2.17. The number of rotatable bonds is 4. The smallest absolute Gasteiger partial charge is 0.271 e. The number of halogens is 5. The molecule has 114 valence electrons. The van der Waals surface area contributed by atoms with Gasteiger partial charge < -0.3 is 0 Å². The minimum absolute atomic E-state index is 0.288. The van der Waals surface area contributed by atoms with Gasteiger partial charge >= 0.3 is 6.18 Å². The monoisotopic (exact) mass is 382 g/mol. The SMILES string of the molecule is NNC(Cc1ccc(Br)s1)c1ccc(F)c(C(F)(F)F)c1. The maximum Gasteiger partial charge on any atom is 0.419 e. The van der Waals surface area contributed by atoms with Crippen molar-refractivity contribution in [2.24, 2.45) is 5.84 Å². The molecule has 1 aromatic carbocycles. The summed E-state index contributed by atoms with van der Waals surface area (Å²) in [7, 11) is 0. The molecule has 0 aliphatic heterocycles. The van der Waals surface area contributed by atoms with Crippen LogP contribution in [0.4, 0.5) is 17.6 Å². The van der Waals surface area contributed by atoms with Crippen molar-refractivity contribution in [3.63, 3.8) is 0 Å². The third-order valence-corrected chi connectivity index (χ3v) is 4.58. The van der Waals surface area contributed by atoms with Gasteiger partial charge in [0.25, 0.3) is 0 Å². The Hall–Kier alpha value is -0.960. The van der Waals surface area contributed by atoms with Crippen LogP contribution in [0.25, 0.3) is 0 Å². The molecule has 0 saturated carbocycles. The van der Waals surface area contributed by atoms with Crippen molar-refractivity contribution in [1.29, 1.82) is 0 Å². The molecule has 1 unspecified atom stereocenters. The zero-order valence-corrected chi connectivity index (χ0v) is 12.9. The summed E-state index contributed by atoms with van der Waals surface area (Å²) < 4.78 is 52.4. The van der Waals surface area contributed by atoms with Crippen LogP contribution in [0.15, 0.2) is 34.1 Å². The first-order chi connectivity index (χ1) is 9.81. The molecule has 1 aromatic heterocycles. The molecule has 3 N–H and O–H groups in total. The van der Waals surface area contributed by atoms with Gasteiger partial charge in [-0.15, -0.1) is 11.3 Å². The van der Waals surface area contributed by atoms with Crippen molar-refractivity contribution >= 4 is 27.3 Å². The van der Waals surface area contributed by atoms with Gasteiger partial charge in [0.05, 0.1) is 15.4 Å². The van der Waals surface area contributed by atoms with Gasteiger partial charge in [0.2, 0.25) is 0 Å². The second-order valence-electron chi connectivity index (χ2n) is 4.37. The van der Waals surface area contributed by atoms with Crippen LogP contribution < -0.4 is 11.3 Å². The molecule has 0 fully saturated rings. The molecular weight excluding hydrogens is 372 g/mol. The molecule has 0 saturated heterocycles. The molecule has 8 heteroatoms. The van der Waals surface area contributed by atoms with Crippen LogP contribution in [-0.2, 0) is 12.6 Å². The number of thiophene rings is 1. The van der Waals surface area contributed by atoms with E-state index < -0.39 is 23.6 Å². The first kappa shape index (κ1) is 16.4. The molecule has 2 aromatic rings. The summed E-state index contributed by atoms with van der Waals surface area (Å²) in [6.07, 6.45) is -4.32. The van der Waals surface area contributed by atoms with E-state index in [9.17, 15) is 17.6 Å². The number of hydrazine groups is 1. The van der Waals surface area contributed by atoms with Crippen LogP contribution in [0.3, 0.4) is 0 Å². The standard InChI is InChI=1S/C13H11BrF4N2S/c14-12-4-2-8(21-12)6-11(20-19)7-1-3-10(15)9(5-7)13(16,17)18/h1-5,11,20H,6,19H2. The molecule has 0 aliphatic carbocycles. The van der Waals surface area contributed by atoms with Crippen molar-refractivity contribution in [3.8, 4) is 0 Å². The van der Waals surface area contributed by atoms with Crippen LogP contribution >= 0.6 is 27.3 Å². The fourth-order valence-corrected chi connectivity index (χ4v) is 3.44. The van der Waals surface area contributed by atoms with Gasteiger partial charge in [-0.1, -0.05) is 6.07 Å². The Balaban J connectivity index is 2.30. The molecule has 0 bridgehead atoms. The van der Waals surface area contributed by atoms with Gasteiger partial charge in [0.1, 0.15) is 5.82 Å². The summed E-state index contributed by atoms with van der Waals surface area (Å²) in [6.45, 7) is 0. The molecule has 1 heterocycles. The van der Waals surface area contributed by atoms with Crippen molar-refractivity contribution < 1.29 is 17.6 Å². The quantitative estimate of drug-likeness (QED) is 0.466. The highest BCUT2D eigenvalue weighted by Gasteiger charge is 2.34. The molecule has 1 atom stereocenters. The Labute approximate surface area is 131 Å². The molecule has 0 radical (unpaired) electrons. The average molecular weight is 383 g/mol.